The number of fused-ring (bicyclic) bond motifs is 1. The molecule has 0 aromatic heterocycles. The van der Waals surface area contributed by atoms with Gasteiger partial charge in [0.05, 0.1) is 6.61 Å². The zero-order valence-corrected chi connectivity index (χ0v) is 17.9. The Hall–Kier alpha value is -1.87. The van der Waals surface area contributed by atoms with E-state index in [-0.39, 0.29) is 12.4 Å². The molecule has 1 N–H and O–H groups in total. The Morgan fingerprint density at radius 3 is 2.54 bits per heavy atom. The van der Waals surface area contributed by atoms with Gasteiger partial charge in [0.15, 0.2) is 0 Å². The lowest BCUT2D eigenvalue weighted by Crippen LogP contribution is -2.57. The number of ether oxygens (including phenoxy) is 3. The van der Waals surface area contributed by atoms with Gasteiger partial charge >= 0.3 is 6.09 Å². The van der Waals surface area contributed by atoms with E-state index in [1.807, 2.05) is 18.6 Å². The Morgan fingerprint density at radius 2 is 2.00 bits per heavy atom. The standard InChI is InChI=1S/C19H28FNO6S/c1-7-18(5)11-26-15-10-13(20)8-9-14(15)19(18,25-6)12-28(23,24)21-16(22)27-17(2,3)4/h8-10H,7,11-12H2,1-6H3,(H,21,22). The van der Waals surface area contributed by atoms with Crippen LogP contribution in [0.5, 0.6) is 5.75 Å². The second-order valence-corrected chi connectivity index (χ2v) is 9.96. The molecule has 28 heavy (non-hydrogen) atoms. The van der Waals surface area contributed by atoms with Crippen LogP contribution in [0.15, 0.2) is 18.2 Å². The Kier molecular flexibility index (Phi) is 6.02. The number of carbonyl (C=O) groups is 1. The molecule has 1 aromatic carbocycles. The van der Waals surface area contributed by atoms with Crippen molar-refractivity contribution in [3.05, 3.63) is 29.6 Å². The van der Waals surface area contributed by atoms with Gasteiger partial charge in [-0.15, -0.1) is 0 Å². The van der Waals surface area contributed by atoms with Gasteiger partial charge in [-0.05, 0) is 39.3 Å². The van der Waals surface area contributed by atoms with E-state index >= 15 is 0 Å². The average Bonchev–Trinajstić information content (AvgIpc) is 2.54. The van der Waals surface area contributed by atoms with Gasteiger partial charge in [-0.25, -0.2) is 22.3 Å². The van der Waals surface area contributed by atoms with Crippen LogP contribution in [0.4, 0.5) is 9.18 Å². The van der Waals surface area contributed by atoms with E-state index in [9.17, 15) is 17.6 Å². The summed E-state index contributed by atoms with van der Waals surface area (Å²) >= 11 is 0. The number of rotatable bonds is 5. The van der Waals surface area contributed by atoms with Crippen molar-refractivity contribution in [2.75, 3.05) is 19.5 Å². The fourth-order valence-corrected chi connectivity index (χ4v) is 4.94. The summed E-state index contributed by atoms with van der Waals surface area (Å²) in [6.45, 7) is 8.76. The maximum Gasteiger partial charge on any atom is 0.421 e. The van der Waals surface area contributed by atoms with Crippen LogP contribution in [0.2, 0.25) is 0 Å². The summed E-state index contributed by atoms with van der Waals surface area (Å²) < 4.78 is 57.8. The Morgan fingerprint density at radius 1 is 1.36 bits per heavy atom. The lowest BCUT2D eigenvalue weighted by molar-refractivity contribution is -0.130. The lowest BCUT2D eigenvalue weighted by atomic mass is 9.67. The van der Waals surface area contributed by atoms with E-state index < -0.39 is 44.3 Å². The van der Waals surface area contributed by atoms with E-state index in [1.165, 1.54) is 25.3 Å². The first-order valence-electron chi connectivity index (χ1n) is 8.99. The summed E-state index contributed by atoms with van der Waals surface area (Å²) in [5.74, 6) is -0.832. The highest BCUT2D eigenvalue weighted by Gasteiger charge is 2.56. The van der Waals surface area contributed by atoms with E-state index in [2.05, 4.69) is 0 Å². The first-order chi connectivity index (χ1) is 12.8. The molecule has 2 atom stereocenters. The minimum absolute atomic E-state index is 0.135. The zero-order valence-electron chi connectivity index (χ0n) is 17.1. The third-order valence-electron chi connectivity index (χ3n) is 5.06. The van der Waals surface area contributed by atoms with Gasteiger partial charge in [-0.3, -0.25) is 0 Å². The average molecular weight is 417 g/mol. The first-order valence-corrected chi connectivity index (χ1v) is 10.6. The predicted molar refractivity (Wildman–Crippen MR) is 102 cm³/mol. The highest BCUT2D eigenvalue weighted by molar-refractivity contribution is 7.90. The number of carbonyl (C=O) groups excluding carboxylic acids is 1. The Labute approximate surface area is 165 Å². The normalized spacial score (nSPS) is 24.8. The summed E-state index contributed by atoms with van der Waals surface area (Å²) in [6, 6.07) is 3.89. The van der Waals surface area contributed by atoms with E-state index in [1.54, 1.807) is 20.8 Å². The molecule has 0 spiro atoms. The lowest BCUT2D eigenvalue weighted by Gasteiger charge is -2.50. The topological polar surface area (TPSA) is 90.9 Å². The van der Waals surface area contributed by atoms with Gasteiger partial charge in [0, 0.05) is 24.2 Å². The van der Waals surface area contributed by atoms with Crippen molar-refractivity contribution in [3.8, 4) is 5.75 Å². The summed E-state index contributed by atoms with van der Waals surface area (Å²) in [6.07, 6.45) is -0.539. The fourth-order valence-electron chi connectivity index (χ4n) is 3.41. The van der Waals surface area contributed by atoms with Gasteiger partial charge in [0.2, 0.25) is 10.0 Å². The monoisotopic (exact) mass is 417 g/mol. The molecule has 9 heteroatoms. The number of hydrogen-bond donors (Lipinski definition) is 1. The fraction of sp³-hybridized carbons (Fsp3) is 0.632. The van der Waals surface area contributed by atoms with Gasteiger partial charge < -0.3 is 14.2 Å². The number of hydrogen-bond acceptors (Lipinski definition) is 6. The van der Waals surface area contributed by atoms with Crippen molar-refractivity contribution in [1.29, 1.82) is 0 Å². The number of methoxy groups -OCH3 is 1. The Bertz CT molecular complexity index is 850. The molecule has 0 aliphatic carbocycles. The van der Waals surface area contributed by atoms with Crippen LogP contribution in [0, 0.1) is 11.2 Å². The molecule has 1 aromatic rings. The third-order valence-corrected chi connectivity index (χ3v) is 6.32. The van der Waals surface area contributed by atoms with Crippen molar-refractivity contribution < 1.29 is 31.8 Å². The van der Waals surface area contributed by atoms with Crippen LogP contribution >= 0.6 is 0 Å². The maximum atomic E-state index is 13.7. The quantitative estimate of drug-likeness (QED) is 0.790. The molecule has 1 aliphatic heterocycles. The second kappa shape index (κ2) is 7.51. The largest absolute Gasteiger partial charge is 0.492 e. The summed E-state index contributed by atoms with van der Waals surface area (Å²) in [7, 11) is -2.76. The number of benzene rings is 1. The summed E-state index contributed by atoms with van der Waals surface area (Å²) in [5.41, 5.74) is -2.52. The molecule has 0 bridgehead atoms. The highest BCUT2D eigenvalue weighted by atomic mass is 32.2. The number of halogens is 1. The van der Waals surface area contributed by atoms with Gasteiger partial charge in [-0.1, -0.05) is 13.8 Å². The van der Waals surface area contributed by atoms with Gasteiger partial charge in [0.25, 0.3) is 0 Å². The van der Waals surface area contributed by atoms with Crippen molar-refractivity contribution in [3.63, 3.8) is 0 Å². The molecule has 2 rings (SSSR count). The molecule has 7 nitrogen and oxygen atoms in total. The van der Waals surface area contributed by atoms with Crippen LogP contribution in [-0.4, -0.2) is 39.6 Å². The van der Waals surface area contributed by atoms with Crippen LogP contribution in [0.25, 0.3) is 0 Å². The molecule has 2 unspecified atom stereocenters. The zero-order chi connectivity index (χ0) is 21.4. The van der Waals surface area contributed by atoms with Crippen molar-refractivity contribution >= 4 is 16.1 Å². The smallest absolute Gasteiger partial charge is 0.421 e. The molecule has 1 heterocycles. The first kappa shape index (κ1) is 22.4. The third kappa shape index (κ3) is 4.41. The van der Waals surface area contributed by atoms with Crippen LogP contribution in [-0.2, 0) is 25.1 Å². The molecule has 1 amide bonds. The van der Waals surface area contributed by atoms with E-state index in [0.29, 0.717) is 12.0 Å². The number of sulfonamides is 1. The van der Waals surface area contributed by atoms with Crippen molar-refractivity contribution in [2.45, 2.75) is 52.2 Å². The van der Waals surface area contributed by atoms with Crippen molar-refractivity contribution in [2.24, 2.45) is 5.41 Å². The molecule has 0 saturated carbocycles. The predicted octanol–water partition coefficient (Wildman–Crippen LogP) is 3.33. The molecular weight excluding hydrogens is 389 g/mol. The molecule has 0 fully saturated rings. The SMILES string of the molecule is CCC1(C)COc2cc(F)ccc2C1(CS(=O)(=O)NC(=O)OC(C)(C)C)OC. The molecule has 1 aliphatic rings. The molecule has 0 saturated heterocycles. The maximum absolute atomic E-state index is 13.7. The van der Waals surface area contributed by atoms with Crippen LogP contribution in [0.1, 0.15) is 46.6 Å². The van der Waals surface area contributed by atoms with Crippen molar-refractivity contribution in [1.82, 2.24) is 4.72 Å². The van der Waals surface area contributed by atoms with E-state index in [4.69, 9.17) is 14.2 Å². The summed E-state index contributed by atoms with van der Waals surface area (Å²) in [5, 5.41) is 0. The van der Waals surface area contributed by atoms with Crippen LogP contribution < -0.4 is 9.46 Å². The Balaban J connectivity index is 2.47. The van der Waals surface area contributed by atoms with E-state index in [0.717, 1.165) is 0 Å². The van der Waals surface area contributed by atoms with Crippen LogP contribution in [0.3, 0.4) is 0 Å². The van der Waals surface area contributed by atoms with Gasteiger partial charge in [0.1, 0.15) is 28.5 Å². The molecular formula is C19H28FNO6S. The minimum Gasteiger partial charge on any atom is -0.492 e. The molecule has 158 valence electrons. The second-order valence-electron chi connectivity index (χ2n) is 8.24. The number of nitrogens with one attached hydrogen (secondary N) is 1. The van der Waals surface area contributed by atoms with Gasteiger partial charge in [-0.2, -0.15) is 0 Å². The summed E-state index contributed by atoms with van der Waals surface area (Å²) in [4.78, 5) is 12.0. The minimum atomic E-state index is -4.16. The highest BCUT2D eigenvalue weighted by Crippen LogP contribution is 2.52. The molecule has 0 radical (unpaired) electrons. The number of amides is 1.